The van der Waals surface area contributed by atoms with E-state index in [9.17, 15) is 0 Å². The Balaban J connectivity index is 1.55. The maximum atomic E-state index is 5.65. The van der Waals surface area contributed by atoms with Gasteiger partial charge in [-0.2, -0.15) is 0 Å². The molecule has 1 aliphatic carbocycles. The van der Waals surface area contributed by atoms with E-state index in [-0.39, 0.29) is 0 Å². The fourth-order valence-corrected chi connectivity index (χ4v) is 4.53. The number of hydrogen-bond acceptors (Lipinski definition) is 2. The van der Waals surface area contributed by atoms with Gasteiger partial charge in [0.1, 0.15) is 5.58 Å². The average Bonchev–Trinajstić information content (AvgIpc) is 3.07. The first-order chi connectivity index (χ1) is 13.2. The molecule has 0 amide bonds. The van der Waals surface area contributed by atoms with Crippen LogP contribution < -0.4 is 4.90 Å². The molecule has 1 heterocycles. The Kier molecular flexibility index (Phi) is 5.87. The zero-order chi connectivity index (χ0) is 18.6. The molecule has 0 atom stereocenters. The number of halogens is 1. The molecule has 27 heavy (non-hydrogen) atoms. The summed E-state index contributed by atoms with van der Waals surface area (Å²) in [5, 5.41) is 1.24. The molecule has 0 spiro atoms. The van der Waals surface area contributed by atoms with Crippen molar-refractivity contribution in [1.29, 1.82) is 0 Å². The molecule has 0 aliphatic heterocycles. The van der Waals surface area contributed by atoms with Crippen molar-refractivity contribution in [1.82, 2.24) is 0 Å². The summed E-state index contributed by atoms with van der Waals surface area (Å²) in [6, 6.07) is 15.4. The number of aryl methyl sites for hydroxylation is 1. The van der Waals surface area contributed by atoms with Crippen molar-refractivity contribution in [3.63, 3.8) is 0 Å². The minimum absolute atomic E-state index is 0.824. The molecular weight excluding hydrogens is 398 g/mol. The first kappa shape index (κ1) is 18.6. The minimum atomic E-state index is 0.824. The number of hydrogen-bond donors (Lipinski definition) is 0. The first-order valence-corrected chi connectivity index (χ1v) is 11.0. The van der Waals surface area contributed by atoms with E-state index >= 15 is 0 Å². The lowest BCUT2D eigenvalue weighted by Gasteiger charge is -2.31. The van der Waals surface area contributed by atoms with Crippen molar-refractivity contribution in [2.24, 2.45) is 5.92 Å². The summed E-state index contributed by atoms with van der Waals surface area (Å²) >= 11 is 3.53. The average molecular weight is 426 g/mol. The van der Waals surface area contributed by atoms with E-state index in [0.29, 0.717) is 0 Å². The normalized spacial score (nSPS) is 15.3. The van der Waals surface area contributed by atoms with E-state index in [0.717, 1.165) is 28.9 Å². The second-order valence-electron chi connectivity index (χ2n) is 7.93. The quantitative estimate of drug-likeness (QED) is 0.417. The van der Waals surface area contributed by atoms with Crippen LogP contribution in [0.15, 0.2) is 57.6 Å². The molecule has 0 N–H and O–H groups in total. The molecule has 1 fully saturated rings. The Bertz CT molecular complexity index is 877. The molecule has 1 saturated carbocycles. The third-order valence-corrected chi connectivity index (χ3v) is 6.43. The lowest BCUT2D eigenvalue weighted by atomic mass is 9.88. The van der Waals surface area contributed by atoms with Crippen molar-refractivity contribution >= 4 is 32.6 Å². The maximum Gasteiger partial charge on any atom is 0.134 e. The van der Waals surface area contributed by atoms with Gasteiger partial charge in [0.2, 0.25) is 0 Å². The molecule has 3 heteroatoms. The monoisotopic (exact) mass is 425 g/mol. The third-order valence-electron chi connectivity index (χ3n) is 5.90. The molecule has 142 valence electrons. The van der Waals surface area contributed by atoms with E-state index in [1.165, 1.54) is 60.8 Å². The van der Waals surface area contributed by atoms with Crippen LogP contribution in [0.25, 0.3) is 11.0 Å². The highest BCUT2D eigenvalue weighted by atomic mass is 79.9. The molecule has 0 saturated heterocycles. The van der Waals surface area contributed by atoms with Gasteiger partial charge in [-0.3, -0.25) is 0 Å². The third kappa shape index (κ3) is 4.57. The Morgan fingerprint density at radius 1 is 1.04 bits per heavy atom. The van der Waals surface area contributed by atoms with Gasteiger partial charge in [0.05, 0.1) is 6.26 Å². The predicted octanol–water partition coefficient (Wildman–Crippen LogP) is 7.13. The van der Waals surface area contributed by atoms with Gasteiger partial charge in [-0.25, -0.2) is 0 Å². The van der Waals surface area contributed by atoms with E-state index in [1.54, 1.807) is 0 Å². The van der Waals surface area contributed by atoms with E-state index in [4.69, 9.17) is 4.42 Å². The zero-order valence-corrected chi connectivity index (χ0v) is 17.7. The van der Waals surface area contributed by atoms with Crippen LogP contribution in [0.3, 0.4) is 0 Å². The Morgan fingerprint density at radius 3 is 2.59 bits per heavy atom. The van der Waals surface area contributed by atoms with E-state index in [2.05, 4.69) is 70.2 Å². The van der Waals surface area contributed by atoms with Crippen LogP contribution in [0.4, 0.5) is 5.69 Å². The van der Waals surface area contributed by atoms with Gasteiger partial charge < -0.3 is 9.32 Å². The summed E-state index contributed by atoms with van der Waals surface area (Å²) in [5.41, 5.74) is 4.93. The van der Waals surface area contributed by atoms with Gasteiger partial charge in [0.15, 0.2) is 0 Å². The van der Waals surface area contributed by atoms with Crippen molar-refractivity contribution < 1.29 is 4.42 Å². The number of rotatable bonds is 6. The van der Waals surface area contributed by atoms with Crippen LogP contribution in [-0.4, -0.2) is 13.1 Å². The summed E-state index contributed by atoms with van der Waals surface area (Å²) in [6.45, 7) is 4.35. The molecule has 1 aromatic heterocycles. The maximum absolute atomic E-state index is 5.65. The summed E-state index contributed by atoms with van der Waals surface area (Å²) in [4.78, 5) is 2.60. The molecular formula is C24H28BrNO. The van der Waals surface area contributed by atoms with Crippen molar-refractivity contribution in [3.05, 3.63) is 64.3 Å². The van der Waals surface area contributed by atoms with Crippen LogP contribution in [0.2, 0.25) is 0 Å². The summed E-state index contributed by atoms with van der Waals surface area (Å²) in [5.74, 6) is 0.824. The fraction of sp³-hybridized carbons (Fsp3) is 0.417. The van der Waals surface area contributed by atoms with Gasteiger partial charge in [-0.05, 0) is 73.6 Å². The highest BCUT2D eigenvalue weighted by Gasteiger charge is 2.18. The standard InChI is InChI=1S/C24H28BrNO/c1-18-17-27-24-12-11-22(15-23(18)24)26(16-20-5-3-2-4-6-20)14-13-19-7-9-21(25)10-8-19/h7-12,15,17,20H,2-6,13-14,16H2,1H3. The summed E-state index contributed by atoms with van der Waals surface area (Å²) in [7, 11) is 0. The van der Waals surface area contributed by atoms with Crippen molar-refractivity contribution in [2.45, 2.75) is 45.4 Å². The van der Waals surface area contributed by atoms with E-state index in [1.807, 2.05) is 6.26 Å². The number of furan rings is 1. The Labute approximate surface area is 170 Å². The van der Waals surface area contributed by atoms with Crippen LogP contribution in [0.5, 0.6) is 0 Å². The van der Waals surface area contributed by atoms with Gasteiger partial charge in [0, 0.05) is 28.6 Å². The highest BCUT2D eigenvalue weighted by molar-refractivity contribution is 9.10. The second kappa shape index (κ2) is 8.52. The Hall–Kier alpha value is -1.74. The second-order valence-corrected chi connectivity index (χ2v) is 8.84. The van der Waals surface area contributed by atoms with E-state index < -0.39 is 0 Å². The predicted molar refractivity (Wildman–Crippen MR) is 118 cm³/mol. The lowest BCUT2D eigenvalue weighted by molar-refractivity contribution is 0.358. The van der Waals surface area contributed by atoms with Gasteiger partial charge in [-0.1, -0.05) is 47.3 Å². The molecule has 2 aromatic carbocycles. The van der Waals surface area contributed by atoms with Crippen LogP contribution in [0, 0.1) is 12.8 Å². The highest BCUT2D eigenvalue weighted by Crippen LogP contribution is 2.30. The number of fused-ring (bicyclic) bond motifs is 1. The molecule has 0 unspecified atom stereocenters. The van der Waals surface area contributed by atoms with Gasteiger partial charge in [-0.15, -0.1) is 0 Å². The number of anilines is 1. The molecule has 1 aliphatic rings. The summed E-state index contributed by atoms with van der Waals surface area (Å²) < 4.78 is 6.80. The molecule has 0 bridgehead atoms. The van der Waals surface area contributed by atoms with Crippen LogP contribution in [0.1, 0.15) is 43.2 Å². The van der Waals surface area contributed by atoms with Crippen LogP contribution in [-0.2, 0) is 6.42 Å². The fourth-order valence-electron chi connectivity index (χ4n) is 4.26. The number of nitrogens with zero attached hydrogens (tertiary/aromatic N) is 1. The topological polar surface area (TPSA) is 16.4 Å². The minimum Gasteiger partial charge on any atom is -0.464 e. The molecule has 2 nitrogen and oxygen atoms in total. The molecule has 3 aromatic rings. The zero-order valence-electron chi connectivity index (χ0n) is 16.1. The summed E-state index contributed by atoms with van der Waals surface area (Å²) in [6.07, 6.45) is 9.89. The SMILES string of the molecule is Cc1coc2ccc(N(CCc3ccc(Br)cc3)CC3CCCCC3)cc12. The number of benzene rings is 2. The smallest absolute Gasteiger partial charge is 0.134 e. The molecule has 4 rings (SSSR count). The van der Waals surface area contributed by atoms with Crippen molar-refractivity contribution in [2.75, 3.05) is 18.0 Å². The lowest BCUT2D eigenvalue weighted by Crippen LogP contribution is -2.32. The van der Waals surface area contributed by atoms with Gasteiger partial charge >= 0.3 is 0 Å². The first-order valence-electron chi connectivity index (χ1n) is 10.2. The van der Waals surface area contributed by atoms with Crippen molar-refractivity contribution in [3.8, 4) is 0 Å². The largest absolute Gasteiger partial charge is 0.464 e. The molecule has 0 radical (unpaired) electrons. The Morgan fingerprint density at radius 2 is 1.81 bits per heavy atom. The van der Waals surface area contributed by atoms with Gasteiger partial charge in [0.25, 0.3) is 0 Å². The van der Waals surface area contributed by atoms with Crippen LogP contribution >= 0.6 is 15.9 Å².